The van der Waals surface area contributed by atoms with E-state index in [4.69, 9.17) is 14.7 Å². The summed E-state index contributed by atoms with van der Waals surface area (Å²) in [5.41, 5.74) is 1.82. The van der Waals surface area contributed by atoms with Crippen LogP contribution in [0.25, 0.3) is 0 Å². The molecule has 27 heavy (non-hydrogen) atoms. The smallest absolute Gasteiger partial charge is 0.229 e. The molecule has 7 heteroatoms. The van der Waals surface area contributed by atoms with Crippen molar-refractivity contribution in [1.82, 2.24) is 0 Å². The summed E-state index contributed by atoms with van der Waals surface area (Å²) in [6.07, 6.45) is 0.149. The number of hydrogen-bond donors (Lipinski definition) is 1. The number of benzene rings is 2. The van der Waals surface area contributed by atoms with E-state index >= 15 is 0 Å². The average Bonchev–Trinajstić information content (AvgIpc) is 3.10. The molecule has 2 heterocycles. The molecule has 4 rings (SSSR count). The highest BCUT2D eigenvalue weighted by molar-refractivity contribution is 6.03. The van der Waals surface area contributed by atoms with E-state index in [2.05, 4.69) is 5.32 Å². The number of ether oxygens (including phenoxy) is 2. The SMILES string of the molecule is N#Cc1ccc(N2CC(C(=O)Nc3ccc4c(c3)OCCO4)CC2=O)cc1. The number of anilines is 2. The summed E-state index contributed by atoms with van der Waals surface area (Å²) < 4.78 is 11.0. The van der Waals surface area contributed by atoms with Gasteiger partial charge >= 0.3 is 0 Å². The quantitative estimate of drug-likeness (QED) is 0.904. The van der Waals surface area contributed by atoms with Crippen LogP contribution in [0, 0.1) is 17.2 Å². The average molecular weight is 363 g/mol. The van der Waals surface area contributed by atoms with Crippen LogP contribution in [0.5, 0.6) is 11.5 Å². The lowest BCUT2D eigenvalue weighted by Gasteiger charge is -2.19. The second kappa shape index (κ2) is 7.00. The van der Waals surface area contributed by atoms with Crippen molar-refractivity contribution in [2.75, 3.05) is 30.0 Å². The highest BCUT2D eigenvalue weighted by Crippen LogP contribution is 2.33. The molecule has 0 saturated carbocycles. The molecule has 0 bridgehead atoms. The Labute approximate surface area is 156 Å². The normalized spacial score (nSPS) is 18.1. The number of hydrogen-bond acceptors (Lipinski definition) is 5. The molecule has 2 aromatic rings. The van der Waals surface area contributed by atoms with Crippen molar-refractivity contribution in [3.05, 3.63) is 48.0 Å². The van der Waals surface area contributed by atoms with Gasteiger partial charge in [0.05, 0.1) is 17.6 Å². The molecule has 2 amide bonds. The Morgan fingerprint density at radius 3 is 2.59 bits per heavy atom. The van der Waals surface area contributed by atoms with Crippen LogP contribution >= 0.6 is 0 Å². The van der Waals surface area contributed by atoms with Gasteiger partial charge in [-0.25, -0.2) is 0 Å². The first-order chi connectivity index (χ1) is 13.1. The molecule has 0 spiro atoms. The predicted molar refractivity (Wildman–Crippen MR) is 97.7 cm³/mol. The van der Waals surface area contributed by atoms with Crippen molar-refractivity contribution in [3.63, 3.8) is 0 Å². The molecule has 1 atom stereocenters. The van der Waals surface area contributed by atoms with Crippen molar-refractivity contribution in [1.29, 1.82) is 5.26 Å². The topological polar surface area (TPSA) is 91.7 Å². The van der Waals surface area contributed by atoms with Gasteiger partial charge in [0.2, 0.25) is 11.8 Å². The van der Waals surface area contributed by atoms with E-state index in [-0.39, 0.29) is 18.2 Å². The van der Waals surface area contributed by atoms with Crippen molar-refractivity contribution in [2.45, 2.75) is 6.42 Å². The number of rotatable bonds is 3. The summed E-state index contributed by atoms with van der Waals surface area (Å²) in [6, 6.07) is 14.0. The largest absolute Gasteiger partial charge is 0.486 e. The minimum atomic E-state index is -0.443. The van der Waals surface area contributed by atoms with E-state index in [0.717, 1.165) is 0 Å². The molecule has 2 aliphatic rings. The van der Waals surface area contributed by atoms with Crippen molar-refractivity contribution < 1.29 is 19.1 Å². The first-order valence-electron chi connectivity index (χ1n) is 8.65. The zero-order chi connectivity index (χ0) is 18.8. The molecule has 1 fully saturated rings. The number of nitrogens with one attached hydrogen (secondary N) is 1. The summed E-state index contributed by atoms with van der Waals surface area (Å²) >= 11 is 0. The maximum absolute atomic E-state index is 12.6. The number of amides is 2. The van der Waals surface area contributed by atoms with E-state index in [1.807, 2.05) is 6.07 Å². The summed E-state index contributed by atoms with van der Waals surface area (Å²) in [5, 5.41) is 11.7. The van der Waals surface area contributed by atoms with Crippen LogP contribution in [0.2, 0.25) is 0 Å². The Bertz CT molecular complexity index is 933. The number of nitriles is 1. The molecule has 0 radical (unpaired) electrons. The zero-order valence-corrected chi connectivity index (χ0v) is 14.5. The standard InChI is InChI=1S/C20H17N3O4/c21-11-13-1-4-16(5-2-13)23-12-14(9-19(23)24)20(25)22-15-3-6-17-18(10-15)27-8-7-26-17/h1-6,10,14H,7-9,12H2,(H,22,25). The van der Waals surface area contributed by atoms with Gasteiger partial charge < -0.3 is 19.7 Å². The van der Waals surface area contributed by atoms with Crippen LogP contribution in [-0.2, 0) is 9.59 Å². The van der Waals surface area contributed by atoms with Crippen molar-refractivity contribution in [2.24, 2.45) is 5.92 Å². The molecule has 1 saturated heterocycles. The van der Waals surface area contributed by atoms with Gasteiger partial charge in [0.1, 0.15) is 13.2 Å². The second-order valence-electron chi connectivity index (χ2n) is 6.41. The number of fused-ring (bicyclic) bond motifs is 1. The third-order valence-corrected chi connectivity index (χ3v) is 4.61. The third-order valence-electron chi connectivity index (χ3n) is 4.61. The molecule has 136 valence electrons. The summed E-state index contributed by atoms with van der Waals surface area (Å²) in [5.74, 6) is 0.489. The van der Waals surface area contributed by atoms with E-state index < -0.39 is 5.92 Å². The Kier molecular flexibility index (Phi) is 4.38. The molecular weight excluding hydrogens is 346 g/mol. The van der Waals surface area contributed by atoms with Crippen molar-refractivity contribution >= 4 is 23.2 Å². The van der Waals surface area contributed by atoms with E-state index in [0.29, 0.717) is 48.2 Å². The van der Waals surface area contributed by atoms with E-state index in [1.54, 1.807) is 47.4 Å². The lowest BCUT2D eigenvalue weighted by Crippen LogP contribution is -2.28. The van der Waals surface area contributed by atoms with Gasteiger partial charge in [0.15, 0.2) is 11.5 Å². The minimum Gasteiger partial charge on any atom is -0.486 e. The van der Waals surface area contributed by atoms with Gasteiger partial charge in [-0.3, -0.25) is 9.59 Å². The Hall–Kier alpha value is -3.53. The number of carbonyl (C=O) groups is 2. The first kappa shape index (κ1) is 16.9. The van der Waals surface area contributed by atoms with Crippen LogP contribution < -0.4 is 19.7 Å². The summed E-state index contributed by atoms with van der Waals surface area (Å²) in [6.45, 7) is 1.29. The van der Waals surface area contributed by atoms with Crippen LogP contribution in [-0.4, -0.2) is 31.6 Å². The number of carbonyl (C=O) groups excluding carboxylic acids is 2. The predicted octanol–water partition coefficient (Wildman–Crippen LogP) is 2.32. The highest BCUT2D eigenvalue weighted by Gasteiger charge is 2.35. The van der Waals surface area contributed by atoms with Gasteiger partial charge in [-0.15, -0.1) is 0 Å². The lowest BCUT2D eigenvalue weighted by molar-refractivity contribution is -0.122. The fourth-order valence-corrected chi connectivity index (χ4v) is 3.21. The minimum absolute atomic E-state index is 0.109. The Balaban J connectivity index is 1.44. The molecule has 2 aliphatic heterocycles. The molecular formula is C20H17N3O4. The van der Waals surface area contributed by atoms with Crippen LogP contribution in [0.4, 0.5) is 11.4 Å². The zero-order valence-electron chi connectivity index (χ0n) is 14.5. The third kappa shape index (κ3) is 3.42. The molecule has 0 aromatic heterocycles. The monoisotopic (exact) mass is 363 g/mol. The number of nitrogens with zero attached hydrogens (tertiary/aromatic N) is 2. The Morgan fingerprint density at radius 2 is 1.85 bits per heavy atom. The van der Waals surface area contributed by atoms with Crippen molar-refractivity contribution in [3.8, 4) is 17.6 Å². The maximum atomic E-state index is 12.6. The van der Waals surface area contributed by atoms with Crippen LogP contribution in [0.3, 0.4) is 0 Å². The van der Waals surface area contributed by atoms with Gasteiger partial charge in [-0.05, 0) is 36.4 Å². The van der Waals surface area contributed by atoms with Gasteiger partial charge in [0.25, 0.3) is 0 Å². The van der Waals surface area contributed by atoms with Gasteiger partial charge in [0, 0.05) is 30.4 Å². The highest BCUT2D eigenvalue weighted by atomic mass is 16.6. The van der Waals surface area contributed by atoms with Gasteiger partial charge in [-0.1, -0.05) is 0 Å². The van der Waals surface area contributed by atoms with Crippen LogP contribution in [0.1, 0.15) is 12.0 Å². The Morgan fingerprint density at radius 1 is 1.11 bits per heavy atom. The van der Waals surface area contributed by atoms with E-state index in [1.165, 1.54) is 0 Å². The van der Waals surface area contributed by atoms with E-state index in [9.17, 15) is 9.59 Å². The summed E-state index contributed by atoms with van der Waals surface area (Å²) in [4.78, 5) is 26.5. The molecule has 2 aromatic carbocycles. The first-order valence-corrected chi connectivity index (χ1v) is 8.65. The van der Waals surface area contributed by atoms with Gasteiger partial charge in [-0.2, -0.15) is 5.26 Å². The molecule has 0 aliphatic carbocycles. The molecule has 7 nitrogen and oxygen atoms in total. The fraction of sp³-hybridized carbons (Fsp3) is 0.250. The fourth-order valence-electron chi connectivity index (χ4n) is 3.21. The van der Waals surface area contributed by atoms with Crippen LogP contribution in [0.15, 0.2) is 42.5 Å². The summed E-state index contributed by atoms with van der Waals surface area (Å²) in [7, 11) is 0. The lowest BCUT2D eigenvalue weighted by atomic mass is 10.1. The molecule has 1 N–H and O–H groups in total. The maximum Gasteiger partial charge on any atom is 0.229 e. The molecule has 1 unspecified atom stereocenters. The second-order valence-corrected chi connectivity index (χ2v) is 6.41.